The summed E-state index contributed by atoms with van der Waals surface area (Å²) in [5.41, 5.74) is 1.04. The van der Waals surface area contributed by atoms with Gasteiger partial charge in [0.1, 0.15) is 11.5 Å². The van der Waals surface area contributed by atoms with E-state index < -0.39 is 0 Å². The van der Waals surface area contributed by atoms with Crippen molar-refractivity contribution in [2.45, 2.75) is 26.3 Å². The third kappa shape index (κ3) is 4.45. The third-order valence-electron chi connectivity index (χ3n) is 2.94. The maximum Gasteiger partial charge on any atom is 0.145 e. The normalized spacial score (nSPS) is 12.2. The first-order valence-electron chi connectivity index (χ1n) is 6.82. The Morgan fingerprint density at radius 2 is 2.10 bits per heavy atom. The molecular formula is C16H19IN2O. The molecule has 1 aromatic heterocycles. The van der Waals surface area contributed by atoms with Crippen molar-refractivity contribution in [3.63, 3.8) is 0 Å². The number of benzene rings is 1. The molecule has 0 bridgehead atoms. The Hall–Kier alpha value is -1.14. The lowest BCUT2D eigenvalue weighted by molar-refractivity contribution is 0.477. The molecular weight excluding hydrogens is 363 g/mol. The molecule has 0 amide bonds. The second kappa shape index (κ2) is 7.59. The van der Waals surface area contributed by atoms with E-state index >= 15 is 0 Å². The zero-order valence-electron chi connectivity index (χ0n) is 11.8. The lowest BCUT2D eigenvalue weighted by Crippen LogP contribution is -2.20. The van der Waals surface area contributed by atoms with Crippen molar-refractivity contribution >= 4 is 22.6 Å². The average Bonchev–Trinajstić information content (AvgIpc) is 2.45. The largest absolute Gasteiger partial charge is 0.456 e. The van der Waals surface area contributed by atoms with Crippen LogP contribution in [0.3, 0.4) is 0 Å². The molecule has 0 aliphatic rings. The number of hydrogen-bond acceptors (Lipinski definition) is 3. The average molecular weight is 382 g/mol. The van der Waals surface area contributed by atoms with Crippen LogP contribution in [0, 0.1) is 3.57 Å². The number of pyridine rings is 1. The lowest BCUT2D eigenvalue weighted by Gasteiger charge is -2.13. The molecule has 4 heteroatoms. The van der Waals surface area contributed by atoms with Gasteiger partial charge >= 0.3 is 0 Å². The van der Waals surface area contributed by atoms with Crippen molar-refractivity contribution in [2.24, 2.45) is 0 Å². The van der Waals surface area contributed by atoms with Crippen molar-refractivity contribution in [3.8, 4) is 11.5 Å². The highest BCUT2D eigenvalue weighted by Gasteiger charge is 2.06. The Labute approximate surface area is 133 Å². The monoisotopic (exact) mass is 382 g/mol. The predicted octanol–water partition coefficient (Wildman–Crippen LogP) is 4.54. The molecule has 0 saturated carbocycles. The van der Waals surface area contributed by atoms with Gasteiger partial charge in [-0.3, -0.25) is 4.98 Å². The smallest absolute Gasteiger partial charge is 0.145 e. The summed E-state index contributed by atoms with van der Waals surface area (Å²) in [6.45, 7) is 5.28. The van der Waals surface area contributed by atoms with Crippen LogP contribution in [0.25, 0.3) is 0 Å². The van der Waals surface area contributed by atoms with Gasteiger partial charge in [-0.2, -0.15) is 0 Å². The van der Waals surface area contributed by atoms with Gasteiger partial charge in [0.15, 0.2) is 0 Å². The van der Waals surface area contributed by atoms with Crippen LogP contribution in [-0.4, -0.2) is 11.5 Å². The molecule has 0 saturated heterocycles. The van der Waals surface area contributed by atoms with E-state index in [9.17, 15) is 0 Å². The van der Waals surface area contributed by atoms with Gasteiger partial charge in [0.05, 0.1) is 11.9 Å². The van der Waals surface area contributed by atoms with E-state index in [-0.39, 0.29) is 6.04 Å². The van der Waals surface area contributed by atoms with E-state index in [0.717, 1.165) is 33.7 Å². The standard InChI is InChI=1S/C16H19IN2O/c1-3-9-18-12(2)16-8-7-15(11-19-16)20-14-6-4-5-13(17)10-14/h4-8,10-12,18H,3,9H2,1-2H3. The summed E-state index contributed by atoms with van der Waals surface area (Å²) >= 11 is 2.27. The first-order chi connectivity index (χ1) is 9.69. The topological polar surface area (TPSA) is 34.1 Å². The highest BCUT2D eigenvalue weighted by Crippen LogP contribution is 2.23. The van der Waals surface area contributed by atoms with Gasteiger partial charge in [0.25, 0.3) is 0 Å². The SMILES string of the molecule is CCCNC(C)c1ccc(Oc2cccc(I)c2)cn1. The molecule has 20 heavy (non-hydrogen) atoms. The van der Waals surface area contributed by atoms with E-state index in [4.69, 9.17) is 4.74 Å². The molecule has 0 radical (unpaired) electrons. The van der Waals surface area contributed by atoms with Crippen LogP contribution in [-0.2, 0) is 0 Å². The van der Waals surface area contributed by atoms with Gasteiger partial charge in [-0.15, -0.1) is 0 Å². The van der Waals surface area contributed by atoms with Crippen LogP contribution in [0.2, 0.25) is 0 Å². The molecule has 0 fully saturated rings. The van der Waals surface area contributed by atoms with Crippen molar-refractivity contribution in [1.29, 1.82) is 0 Å². The number of ether oxygens (including phenoxy) is 1. The molecule has 1 atom stereocenters. The number of hydrogen-bond donors (Lipinski definition) is 1. The highest BCUT2D eigenvalue weighted by atomic mass is 127. The molecule has 2 aromatic rings. The molecule has 3 nitrogen and oxygen atoms in total. The maximum absolute atomic E-state index is 5.79. The van der Waals surface area contributed by atoms with Crippen molar-refractivity contribution in [1.82, 2.24) is 10.3 Å². The Bertz CT molecular complexity index is 542. The Kier molecular flexibility index (Phi) is 5.79. The van der Waals surface area contributed by atoms with Crippen LogP contribution in [0.1, 0.15) is 32.0 Å². The molecule has 2 rings (SSSR count). The molecule has 106 valence electrons. The van der Waals surface area contributed by atoms with Crippen LogP contribution in [0.4, 0.5) is 0 Å². The number of rotatable bonds is 6. The van der Waals surface area contributed by atoms with Crippen LogP contribution < -0.4 is 10.1 Å². The minimum Gasteiger partial charge on any atom is -0.456 e. The van der Waals surface area contributed by atoms with Crippen LogP contribution in [0.5, 0.6) is 11.5 Å². The molecule has 1 N–H and O–H groups in total. The fourth-order valence-electron chi connectivity index (χ4n) is 1.84. The zero-order chi connectivity index (χ0) is 14.4. The van der Waals surface area contributed by atoms with Crippen molar-refractivity contribution < 1.29 is 4.74 Å². The second-order valence-corrected chi connectivity index (χ2v) is 5.90. The molecule has 0 spiro atoms. The minimum atomic E-state index is 0.265. The second-order valence-electron chi connectivity index (χ2n) is 4.65. The first kappa shape index (κ1) is 15.3. The van der Waals surface area contributed by atoms with E-state index in [0.29, 0.717) is 0 Å². The van der Waals surface area contributed by atoms with Crippen molar-refractivity contribution in [2.75, 3.05) is 6.54 Å². The number of nitrogens with zero attached hydrogens (tertiary/aromatic N) is 1. The molecule has 1 aromatic carbocycles. The van der Waals surface area contributed by atoms with Gasteiger partial charge in [-0.1, -0.05) is 13.0 Å². The summed E-state index contributed by atoms with van der Waals surface area (Å²) < 4.78 is 6.94. The lowest BCUT2D eigenvalue weighted by atomic mass is 10.2. The summed E-state index contributed by atoms with van der Waals surface area (Å²) in [6, 6.07) is 12.2. The van der Waals surface area contributed by atoms with E-state index in [1.165, 1.54) is 0 Å². The molecule has 0 aliphatic heterocycles. The van der Waals surface area contributed by atoms with E-state index in [1.54, 1.807) is 6.20 Å². The van der Waals surface area contributed by atoms with Gasteiger partial charge in [-0.25, -0.2) is 0 Å². The molecule has 1 unspecified atom stereocenters. The zero-order valence-corrected chi connectivity index (χ0v) is 13.9. The molecule has 1 heterocycles. The summed E-state index contributed by atoms with van der Waals surface area (Å²) in [4.78, 5) is 4.46. The Balaban J connectivity index is 2.01. The van der Waals surface area contributed by atoms with Gasteiger partial charge in [-0.05, 0) is 72.8 Å². The fraction of sp³-hybridized carbons (Fsp3) is 0.312. The van der Waals surface area contributed by atoms with Gasteiger partial charge < -0.3 is 10.1 Å². The van der Waals surface area contributed by atoms with Gasteiger partial charge in [0.2, 0.25) is 0 Å². The molecule has 0 aliphatic carbocycles. The quantitative estimate of drug-likeness (QED) is 0.745. The van der Waals surface area contributed by atoms with Crippen LogP contribution in [0.15, 0.2) is 42.6 Å². The summed E-state index contributed by atoms with van der Waals surface area (Å²) in [5.74, 6) is 1.60. The predicted molar refractivity (Wildman–Crippen MR) is 90.2 cm³/mol. The van der Waals surface area contributed by atoms with E-state index in [2.05, 4.69) is 46.7 Å². The highest BCUT2D eigenvalue weighted by molar-refractivity contribution is 14.1. The van der Waals surface area contributed by atoms with E-state index in [1.807, 2.05) is 36.4 Å². The third-order valence-corrected chi connectivity index (χ3v) is 3.61. The summed E-state index contributed by atoms with van der Waals surface area (Å²) in [6.07, 6.45) is 2.90. The van der Waals surface area contributed by atoms with Crippen molar-refractivity contribution in [3.05, 3.63) is 51.9 Å². The minimum absolute atomic E-state index is 0.265. The van der Waals surface area contributed by atoms with Gasteiger partial charge in [0, 0.05) is 9.61 Å². The number of halogens is 1. The number of aromatic nitrogens is 1. The Morgan fingerprint density at radius 1 is 1.25 bits per heavy atom. The van der Waals surface area contributed by atoms with Crippen LogP contribution >= 0.6 is 22.6 Å². The Morgan fingerprint density at radius 3 is 2.75 bits per heavy atom. The summed E-state index contributed by atoms with van der Waals surface area (Å²) in [7, 11) is 0. The number of nitrogens with one attached hydrogen (secondary N) is 1. The fourth-order valence-corrected chi connectivity index (χ4v) is 2.35. The first-order valence-corrected chi connectivity index (χ1v) is 7.89. The summed E-state index contributed by atoms with van der Waals surface area (Å²) in [5, 5.41) is 3.42. The maximum atomic E-state index is 5.79.